The number of rotatable bonds is 6. The van der Waals surface area contributed by atoms with E-state index in [4.69, 9.17) is 4.98 Å². The molecule has 4 heterocycles. The van der Waals surface area contributed by atoms with Crippen LogP contribution in [0.2, 0.25) is 0 Å². The number of aromatic nitrogens is 6. The number of imidazole rings is 1. The summed E-state index contributed by atoms with van der Waals surface area (Å²) in [6, 6.07) is 0. The van der Waals surface area contributed by atoms with Crippen molar-refractivity contribution in [2.45, 2.75) is 33.4 Å². The van der Waals surface area contributed by atoms with Crippen molar-refractivity contribution in [3.05, 3.63) is 44.6 Å². The molecule has 178 valence electrons. The third-order valence-corrected chi connectivity index (χ3v) is 6.33. The lowest BCUT2D eigenvalue weighted by Crippen LogP contribution is -2.48. The van der Waals surface area contributed by atoms with Crippen molar-refractivity contribution in [3.63, 3.8) is 0 Å². The smallest absolute Gasteiger partial charge is 0.332 e. The Kier molecular flexibility index (Phi) is 6.24. The van der Waals surface area contributed by atoms with Gasteiger partial charge in [-0.25, -0.2) is 9.78 Å². The molecular weight excluding hydrogens is 424 g/mol. The molecule has 1 fully saturated rings. The van der Waals surface area contributed by atoms with Crippen LogP contribution in [0.3, 0.4) is 0 Å². The van der Waals surface area contributed by atoms with Gasteiger partial charge in [-0.15, -0.1) is 0 Å². The first-order valence-electron chi connectivity index (χ1n) is 11.3. The number of carbonyl (C=O) groups is 1. The van der Waals surface area contributed by atoms with Gasteiger partial charge in [0.15, 0.2) is 11.2 Å². The third-order valence-electron chi connectivity index (χ3n) is 6.33. The first-order valence-corrected chi connectivity index (χ1v) is 11.3. The van der Waals surface area contributed by atoms with Gasteiger partial charge in [0.25, 0.3) is 11.5 Å². The number of fused-ring (bicyclic) bond motifs is 1. The average Bonchev–Trinajstić information content (AvgIpc) is 3.38. The van der Waals surface area contributed by atoms with E-state index in [1.165, 1.54) is 11.6 Å². The van der Waals surface area contributed by atoms with E-state index in [0.717, 1.165) is 16.8 Å². The fraction of sp³-hybridized carbons (Fsp3) is 0.591. The van der Waals surface area contributed by atoms with Crippen molar-refractivity contribution in [2.75, 3.05) is 26.2 Å². The molecule has 3 aromatic rings. The minimum Gasteiger partial charge on any atom is -0.336 e. The fourth-order valence-corrected chi connectivity index (χ4v) is 4.26. The van der Waals surface area contributed by atoms with Gasteiger partial charge in [-0.2, -0.15) is 5.10 Å². The SMILES string of the molecule is CC(C)CCn1c(CN2CCN(C(=O)c3cnn(C)c3)CC2)nc2c1c(=O)n(C)c(=O)n2C. The zero-order valence-corrected chi connectivity index (χ0v) is 20.0. The molecule has 0 atom stereocenters. The number of hydrogen-bond donors (Lipinski definition) is 0. The molecule has 1 aliphatic heterocycles. The standard InChI is InChI=1S/C22H32N8O3/c1-15(2)6-7-30-17(24-19-18(30)21(32)27(5)22(33)26(19)4)14-28-8-10-29(11-9-28)20(31)16-12-23-25(3)13-16/h12-13,15H,6-11,14H2,1-5H3. The molecule has 0 radical (unpaired) electrons. The monoisotopic (exact) mass is 456 g/mol. The Bertz CT molecular complexity index is 1290. The van der Waals surface area contributed by atoms with Gasteiger partial charge in [0, 0.05) is 60.1 Å². The molecule has 0 bridgehead atoms. The van der Waals surface area contributed by atoms with Crippen molar-refractivity contribution in [3.8, 4) is 0 Å². The largest absolute Gasteiger partial charge is 0.336 e. The number of nitrogens with zero attached hydrogens (tertiary/aromatic N) is 8. The van der Waals surface area contributed by atoms with E-state index in [1.807, 2.05) is 9.47 Å². The summed E-state index contributed by atoms with van der Waals surface area (Å²) in [5, 5.41) is 4.09. The predicted molar refractivity (Wildman–Crippen MR) is 124 cm³/mol. The van der Waals surface area contributed by atoms with Gasteiger partial charge in [-0.3, -0.25) is 28.3 Å². The van der Waals surface area contributed by atoms with Crippen LogP contribution in [0.25, 0.3) is 11.2 Å². The second-order valence-corrected chi connectivity index (χ2v) is 9.21. The molecule has 0 N–H and O–H groups in total. The van der Waals surface area contributed by atoms with E-state index in [9.17, 15) is 14.4 Å². The van der Waals surface area contributed by atoms with Crippen LogP contribution in [0.5, 0.6) is 0 Å². The van der Waals surface area contributed by atoms with Crippen molar-refractivity contribution >= 4 is 17.1 Å². The van der Waals surface area contributed by atoms with Crippen molar-refractivity contribution in [1.29, 1.82) is 0 Å². The van der Waals surface area contributed by atoms with E-state index in [1.54, 1.807) is 31.2 Å². The average molecular weight is 457 g/mol. The van der Waals surface area contributed by atoms with Crippen molar-refractivity contribution in [2.24, 2.45) is 27.1 Å². The van der Waals surface area contributed by atoms with E-state index < -0.39 is 0 Å². The molecule has 33 heavy (non-hydrogen) atoms. The van der Waals surface area contributed by atoms with E-state index >= 15 is 0 Å². The molecule has 1 saturated heterocycles. The Labute approximate surface area is 191 Å². The molecular formula is C22H32N8O3. The minimum absolute atomic E-state index is 0.00887. The summed E-state index contributed by atoms with van der Waals surface area (Å²) < 4.78 is 6.19. The van der Waals surface area contributed by atoms with Crippen LogP contribution in [0.15, 0.2) is 22.0 Å². The molecule has 1 aliphatic rings. The molecule has 0 aliphatic carbocycles. The first-order chi connectivity index (χ1) is 15.7. The number of piperazine rings is 1. The number of aryl methyl sites for hydroxylation is 3. The summed E-state index contributed by atoms with van der Waals surface area (Å²) in [5.41, 5.74) is 0.795. The topological polar surface area (TPSA) is 103 Å². The fourth-order valence-electron chi connectivity index (χ4n) is 4.26. The van der Waals surface area contributed by atoms with Crippen LogP contribution in [-0.2, 0) is 34.2 Å². The second kappa shape index (κ2) is 8.97. The highest BCUT2D eigenvalue weighted by Crippen LogP contribution is 2.17. The van der Waals surface area contributed by atoms with Crippen molar-refractivity contribution in [1.82, 2.24) is 38.3 Å². The molecule has 1 amide bonds. The molecule has 0 saturated carbocycles. The highest BCUT2D eigenvalue weighted by atomic mass is 16.2. The lowest BCUT2D eigenvalue weighted by molar-refractivity contribution is 0.0624. The number of amides is 1. The Hall–Kier alpha value is -3.21. The molecule has 4 rings (SSSR count). The van der Waals surface area contributed by atoms with Gasteiger partial charge in [0.05, 0.1) is 18.3 Å². The van der Waals surface area contributed by atoms with Crippen LogP contribution in [-0.4, -0.2) is 70.4 Å². The first kappa shape index (κ1) is 23.0. The molecule has 11 heteroatoms. The maximum atomic E-state index is 13.0. The summed E-state index contributed by atoms with van der Waals surface area (Å²) in [5.74, 6) is 1.23. The Morgan fingerprint density at radius 2 is 1.76 bits per heavy atom. The van der Waals surface area contributed by atoms with Gasteiger partial charge in [-0.1, -0.05) is 13.8 Å². The normalized spacial score (nSPS) is 15.2. The van der Waals surface area contributed by atoms with Crippen LogP contribution in [0.1, 0.15) is 36.5 Å². The lowest BCUT2D eigenvalue weighted by atomic mass is 10.1. The second-order valence-electron chi connectivity index (χ2n) is 9.21. The third kappa shape index (κ3) is 4.37. The van der Waals surface area contributed by atoms with Gasteiger partial charge in [0.1, 0.15) is 5.82 Å². The van der Waals surface area contributed by atoms with Gasteiger partial charge >= 0.3 is 5.69 Å². The van der Waals surface area contributed by atoms with E-state index in [0.29, 0.717) is 61.9 Å². The summed E-state index contributed by atoms with van der Waals surface area (Å²) in [6.07, 6.45) is 4.23. The quantitative estimate of drug-likeness (QED) is 0.524. The summed E-state index contributed by atoms with van der Waals surface area (Å²) in [7, 11) is 4.95. The minimum atomic E-state index is -0.380. The van der Waals surface area contributed by atoms with Crippen LogP contribution >= 0.6 is 0 Å². The maximum absolute atomic E-state index is 13.0. The maximum Gasteiger partial charge on any atom is 0.332 e. The predicted octanol–water partition coefficient (Wildman–Crippen LogP) is 0.171. The number of carbonyl (C=O) groups excluding carboxylic acids is 1. The summed E-state index contributed by atoms with van der Waals surface area (Å²) in [6.45, 7) is 8.14. The Balaban J connectivity index is 1.57. The lowest BCUT2D eigenvalue weighted by Gasteiger charge is -2.34. The summed E-state index contributed by atoms with van der Waals surface area (Å²) in [4.78, 5) is 46.9. The highest BCUT2D eigenvalue weighted by molar-refractivity contribution is 5.93. The molecule has 3 aromatic heterocycles. The zero-order valence-electron chi connectivity index (χ0n) is 20.0. The van der Waals surface area contributed by atoms with Gasteiger partial charge < -0.3 is 9.47 Å². The number of hydrogen-bond acceptors (Lipinski definition) is 6. The van der Waals surface area contributed by atoms with E-state index in [-0.39, 0.29) is 17.2 Å². The molecule has 0 aromatic carbocycles. The van der Waals surface area contributed by atoms with Crippen LogP contribution < -0.4 is 11.2 Å². The highest BCUT2D eigenvalue weighted by Gasteiger charge is 2.25. The molecule has 0 spiro atoms. The summed E-state index contributed by atoms with van der Waals surface area (Å²) >= 11 is 0. The molecule has 11 nitrogen and oxygen atoms in total. The van der Waals surface area contributed by atoms with Gasteiger partial charge in [0.2, 0.25) is 0 Å². The van der Waals surface area contributed by atoms with Crippen LogP contribution in [0, 0.1) is 5.92 Å². The van der Waals surface area contributed by atoms with E-state index in [2.05, 4.69) is 23.8 Å². The van der Waals surface area contributed by atoms with Crippen molar-refractivity contribution < 1.29 is 4.79 Å². The molecule has 0 unspecified atom stereocenters. The Morgan fingerprint density at radius 3 is 2.36 bits per heavy atom. The van der Waals surface area contributed by atoms with Crippen LogP contribution in [0.4, 0.5) is 0 Å². The zero-order chi connectivity index (χ0) is 23.9. The van der Waals surface area contributed by atoms with Gasteiger partial charge in [-0.05, 0) is 12.3 Å². The Morgan fingerprint density at radius 1 is 1.06 bits per heavy atom.